The smallest absolute Gasteiger partial charge is 0.238 e. The molecule has 0 bridgehead atoms. The van der Waals surface area contributed by atoms with Crippen LogP contribution in [0.3, 0.4) is 0 Å². The summed E-state index contributed by atoms with van der Waals surface area (Å²) in [5.41, 5.74) is 3.04. The van der Waals surface area contributed by atoms with Gasteiger partial charge in [0.2, 0.25) is 11.1 Å². The van der Waals surface area contributed by atoms with Crippen LogP contribution in [0, 0.1) is 13.8 Å². The second-order valence-electron chi connectivity index (χ2n) is 5.72. The van der Waals surface area contributed by atoms with E-state index in [9.17, 15) is 4.79 Å². The van der Waals surface area contributed by atoms with Gasteiger partial charge in [-0.1, -0.05) is 41.6 Å². The zero-order valence-electron chi connectivity index (χ0n) is 14.5. The van der Waals surface area contributed by atoms with E-state index in [1.54, 1.807) is 23.7 Å². The number of nitrogens with zero attached hydrogens (tertiary/aromatic N) is 5. The number of pyridine rings is 1. The summed E-state index contributed by atoms with van der Waals surface area (Å²) in [6.45, 7) is 5.79. The normalized spacial score (nSPS) is 12.0. The monoisotopic (exact) mass is 388 g/mol. The molecule has 0 fully saturated rings. The number of hydrogen-bond donors (Lipinski definition) is 1. The molecule has 0 unspecified atom stereocenters. The molecular weight excluding hydrogens is 372 g/mol. The summed E-state index contributed by atoms with van der Waals surface area (Å²) < 4.78 is 1.67. The van der Waals surface area contributed by atoms with Crippen LogP contribution in [-0.4, -0.2) is 36.3 Å². The fraction of sp³-hybridized carbons (Fsp3) is 0.235. The molecule has 1 N–H and O–H groups in total. The minimum Gasteiger partial charge on any atom is -0.310 e. The average molecular weight is 389 g/mol. The Hall–Kier alpha value is -2.45. The van der Waals surface area contributed by atoms with Crippen molar-refractivity contribution in [1.82, 2.24) is 25.2 Å². The number of carbonyl (C=O) groups is 1. The molecule has 3 aromatic rings. The van der Waals surface area contributed by atoms with Crippen molar-refractivity contribution >= 4 is 35.1 Å². The van der Waals surface area contributed by atoms with Crippen molar-refractivity contribution in [3.63, 3.8) is 0 Å². The van der Waals surface area contributed by atoms with E-state index in [0.29, 0.717) is 16.0 Å². The highest BCUT2D eigenvalue weighted by Gasteiger charge is 2.21. The number of hydrogen-bond acceptors (Lipinski definition) is 6. The number of amides is 1. The first-order valence-electron chi connectivity index (χ1n) is 7.89. The lowest BCUT2D eigenvalue weighted by atomic mass is 10.1. The minimum absolute atomic E-state index is 0.194. The Bertz CT molecular complexity index is 907. The molecule has 7 nitrogen and oxygen atoms in total. The quantitative estimate of drug-likeness (QED) is 0.674. The van der Waals surface area contributed by atoms with Crippen molar-refractivity contribution in [2.45, 2.75) is 31.2 Å². The van der Waals surface area contributed by atoms with E-state index >= 15 is 0 Å². The Morgan fingerprint density at radius 3 is 2.62 bits per heavy atom. The van der Waals surface area contributed by atoms with E-state index < -0.39 is 5.25 Å². The fourth-order valence-electron chi connectivity index (χ4n) is 2.42. The summed E-state index contributed by atoms with van der Waals surface area (Å²) in [6.07, 6.45) is 1.48. The number of tetrazole rings is 1. The summed E-state index contributed by atoms with van der Waals surface area (Å²) in [4.78, 5) is 16.5. The molecule has 0 aliphatic carbocycles. The Morgan fingerprint density at radius 2 is 1.96 bits per heavy atom. The molecule has 3 rings (SSSR count). The molecular formula is C17H17ClN6OS. The first-order chi connectivity index (χ1) is 12.5. The van der Waals surface area contributed by atoms with Crippen molar-refractivity contribution in [3.8, 4) is 5.69 Å². The molecule has 0 aliphatic heterocycles. The van der Waals surface area contributed by atoms with Crippen LogP contribution in [0.15, 0.2) is 41.7 Å². The van der Waals surface area contributed by atoms with Gasteiger partial charge in [0, 0.05) is 6.20 Å². The van der Waals surface area contributed by atoms with E-state index in [1.165, 1.54) is 18.0 Å². The number of aryl methyl sites for hydroxylation is 2. The van der Waals surface area contributed by atoms with Gasteiger partial charge in [0.05, 0.1) is 16.0 Å². The Balaban J connectivity index is 1.76. The molecule has 2 heterocycles. The van der Waals surface area contributed by atoms with Crippen LogP contribution >= 0.6 is 23.4 Å². The number of carbonyl (C=O) groups excluding carboxylic acids is 1. The third kappa shape index (κ3) is 4.03. The van der Waals surface area contributed by atoms with Crippen LogP contribution in [0.4, 0.5) is 5.82 Å². The number of benzene rings is 1. The third-order valence-electron chi connectivity index (χ3n) is 3.72. The predicted molar refractivity (Wildman–Crippen MR) is 102 cm³/mol. The maximum atomic E-state index is 12.4. The van der Waals surface area contributed by atoms with Crippen molar-refractivity contribution in [2.24, 2.45) is 0 Å². The van der Waals surface area contributed by atoms with Gasteiger partial charge >= 0.3 is 0 Å². The SMILES string of the molecule is Cc1cccc(C)c1-n1nnnc1S[C@@H](C)C(=O)Nc1ccc(Cl)cn1. The molecule has 0 radical (unpaired) electrons. The van der Waals surface area contributed by atoms with Crippen LogP contribution in [0.2, 0.25) is 5.02 Å². The number of nitrogens with one attached hydrogen (secondary N) is 1. The van der Waals surface area contributed by atoms with Gasteiger partial charge in [-0.2, -0.15) is 4.68 Å². The summed E-state index contributed by atoms with van der Waals surface area (Å²) >= 11 is 7.08. The standard InChI is InChI=1S/C17H17ClN6OS/c1-10-5-4-6-11(2)15(10)24-17(21-22-23-24)26-12(3)16(25)20-14-8-7-13(18)9-19-14/h4-9,12H,1-3H3,(H,19,20,25)/t12-/m0/s1. The summed E-state index contributed by atoms with van der Waals surface area (Å²) in [5.74, 6) is 0.252. The number of rotatable bonds is 5. The molecule has 0 spiro atoms. The number of anilines is 1. The van der Waals surface area contributed by atoms with Crippen molar-refractivity contribution in [3.05, 3.63) is 52.7 Å². The summed E-state index contributed by atoms with van der Waals surface area (Å²) in [6, 6.07) is 9.31. The molecule has 26 heavy (non-hydrogen) atoms. The zero-order chi connectivity index (χ0) is 18.7. The highest BCUT2D eigenvalue weighted by molar-refractivity contribution is 8.00. The van der Waals surface area contributed by atoms with Gasteiger partial charge < -0.3 is 5.32 Å². The van der Waals surface area contributed by atoms with Gasteiger partial charge in [-0.25, -0.2) is 4.98 Å². The van der Waals surface area contributed by atoms with E-state index in [2.05, 4.69) is 25.8 Å². The number of thioether (sulfide) groups is 1. The molecule has 134 valence electrons. The molecule has 1 atom stereocenters. The first-order valence-corrected chi connectivity index (χ1v) is 9.15. The van der Waals surface area contributed by atoms with E-state index in [0.717, 1.165) is 16.8 Å². The van der Waals surface area contributed by atoms with Gasteiger partial charge in [0.15, 0.2) is 0 Å². The molecule has 1 aromatic carbocycles. The van der Waals surface area contributed by atoms with E-state index in [-0.39, 0.29) is 5.91 Å². The van der Waals surface area contributed by atoms with Crippen LogP contribution in [0.1, 0.15) is 18.1 Å². The van der Waals surface area contributed by atoms with Crippen LogP contribution in [-0.2, 0) is 4.79 Å². The number of para-hydroxylation sites is 1. The lowest BCUT2D eigenvalue weighted by molar-refractivity contribution is -0.115. The van der Waals surface area contributed by atoms with Gasteiger partial charge in [0.25, 0.3) is 0 Å². The lowest BCUT2D eigenvalue weighted by Crippen LogP contribution is -2.23. The van der Waals surface area contributed by atoms with Crippen molar-refractivity contribution < 1.29 is 4.79 Å². The third-order valence-corrected chi connectivity index (χ3v) is 4.98. The first kappa shape index (κ1) is 18.3. The van der Waals surface area contributed by atoms with Gasteiger partial charge in [-0.15, -0.1) is 5.10 Å². The zero-order valence-corrected chi connectivity index (χ0v) is 16.0. The highest BCUT2D eigenvalue weighted by Crippen LogP contribution is 2.26. The minimum atomic E-state index is -0.415. The summed E-state index contributed by atoms with van der Waals surface area (Å²) in [5, 5.41) is 15.3. The molecule has 0 saturated carbocycles. The maximum absolute atomic E-state index is 12.4. The van der Waals surface area contributed by atoms with Crippen LogP contribution in [0.25, 0.3) is 5.69 Å². The maximum Gasteiger partial charge on any atom is 0.238 e. The highest BCUT2D eigenvalue weighted by atomic mass is 35.5. The second-order valence-corrected chi connectivity index (χ2v) is 7.47. The van der Waals surface area contributed by atoms with Crippen molar-refractivity contribution in [2.75, 3.05) is 5.32 Å². The lowest BCUT2D eigenvalue weighted by Gasteiger charge is -2.13. The fourth-order valence-corrected chi connectivity index (χ4v) is 3.33. The topological polar surface area (TPSA) is 85.6 Å². The second kappa shape index (κ2) is 7.84. The Labute approximate surface area is 160 Å². The average Bonchev–Trinajstić information content (AvgIpc) is 3.04. The van der Waals surface area contributed by atoms with Crippen LogP contribution in [0.5, 0.6) is 0 Å². The molecule has 0 aliphatic rings. The predicted octanol–water partition coefficient (Wildman–Crippen LogP) is 3.45. The van der Waals surface area contributed by atoms with E-state index in [1.807, 2.05) is 32.0 Å². The van der Waals surface area contributed by atoms with Gasteiger partial charge in [-0.3, -0.25) is 4.79 Å². The molecule has 0 saturated heterocycles. The van der Waals surface area contributed by atoms with Crippen molar-refractivity contribution in [1.29, 1.82) is 0 Å². The summed E-state index contributed by atoms with van der Waals surface area (Å²) in [7, 11) is 0. The van der Waals surface area contributed by atoms with Gasteiger partial charge in [-0.05, 0) is 54.5 Å². The number of halogens is 1. The largest absolute Gasteiger partial charge is 0.310 e. The van der Waals surface area contributed by atoms with Crippen LogP contribution < -0.4 is 5.32 Å². The molecule has 1 amide bonds. The Morgan fingerprint density at radius 1 is 1.23 bits per heavy atom. The number of aromatic nitrogens is 5. The Kier molecular flexibility index (Phi) is 5.53. The van der Waals surface area contributed by atoms with E-state index in [4.69, 9.17) is 11.6 Å². The molecule has 9 heteroatoms. The molecule has 2 aromatic heterocycles. The van der Waals surface area contributed by atoms with Gasteiger partial charge in [0.1, 0.15) is 5.82 Å².